The van der Waals surface area contributed by atoms with Crippen molar-refractivity contribution in [2.45, 2.75) is 12.2 Å². The van der Waals surface area contributed by atoms with Gasteiger partial charge in [-0.1, -0.05) is 6.92 Å². The van der Waals surface area contributed by atoms with Crippen molar-refractivity contribution in [1.29, 1.82) is 0 Å². The minimum atomic E-state index is -0.103. The Hall–Kier alpha value is -0.260. The van der Waals surface area contributed by atoms with Gasteiger partial charge in [-0.15, -0.1) is 0 Å². The zero-order valence-corrected chi connectivity index (χ0v) is 8.06. The van der Waals surface area contributed by atoms with Gasteiger partial charge in [-0.2, -0.15) is 11.8 Å². The fourth-order valence-corrected chi connectivity index (χ4v) is 2.37. The fraction of sp³-hybridized carbons (Fsp3) is 0.857. The molecule has 1 rings (SSSR count). The molecule has 12 heavy (non-hydrogen) atoms. The van der Waals surface area contributed by atoms with E-state index in [1.54, 1.807) is 0 Å². The SMILES string of the molecule is CC1CN(CC(=O)NN)CCS1. The molecule has 1 aliphatic rings. The lowest BCUT2D eigenvalue weighted by atomic mass is 10.3. The van der Waals surface area contributed by atoms with Crippen molar-refractivity contribution in [3.05, 3.63) is 0 Å². The van der Waals surface area contributed by atoms with E-state index in [-0.39, 0.29) is 5.91 Å². The second-order valence-electron chi connectivity index (χ2n) is 2.98. The Labute approximate surface area is 76.8 Å². The van der Waals surface area contributed by atoms with Gasteiger partial charge in [0, 0.05) is 24.1 Å². The van der Waals surface area contributed by atoms with Crippen molar-refractivity contribution in [1.82, 2.24) is 10.3 Å². The lowest BCUT2D eigenvalue weighted by molar-refractivity contribution is -0.122. The smallest absolute Gasteiger partial charge is 0.248 e. The standard InChI is InChI=1S/C7H15N3OS/c1-6-4-10(2-3-12-6)5-7(11)9-8/h6H,2-5,8H2,1H3,(H,9,11). The Morgan fingerprint density at radius 3 is 3.17 bits per heavy atom. The molecule has 0 bridgehead atoms. The number of amides is 1. The Kier molecular flexibility index (Phi) is 3.84. The van der Waals surface area contributed by atoms with Crippen LogP contribution in [0, 0.1) is 0 Å². The second kappa shape index (κ2) is 4.69. The summed E-state index contributed by atoms with van der Waals surface area (Å²) >= 11 is 1.95. The first kappa shape index (κ1) is 9.83. The minimum absolute atomic E-state index is 0.103. The topological polar surface area (TPSA) is 58.4 Å². The number of carbonyl (C=O) groups is 1. The number of nitrogens with zero attached hydrogens (tertiary/aromatic N) is 1. The van der Waals surface area contributed by atoms with Gasteiger partial charge in [0.25, 0.3) is 0 Å². The lowest BCUT2D eigenvalue weighted by Crippen LogP contribution is -2.45. The molecule has 0 aromatic carbocycles. The van der Waals surface area contributed by atoms with Gasteiger partial charge < -0.3 is 0 Å². The van der Waals surface area contributed by atoms with Crippen LogP contribution in [0.4, 0.5) is 0 Å². The molecule has 1 aliphatic heterocycles. The quantitative estimate of drug-likeness (QED) is 0.346. The summed E-state index contributed by atoms with van der Waals surface area (Å²) in [6.07, 6.45) is 0. The number of nitrogens with one attached hydrogen (secondary N) is 1. The summed E-state index contributed by atoms with van der Waals surface area (Å²) in [5.74, 6) is 6.00. The van der Waals surface area contributed by atoms with E-state index in [2.05, 4.69) is 17.2 Å². The first-order chi connectivity index (χ1) is 5.72. The first-order valence-corrected chi connectivity index (χ1v) is 5.10. The highest BCUT2D eigenvalue weighted by atomic mass is 32.2. The average molecular weight is 189 g/mol. The van der Waals surface area contributed by atoms with Crippen molar-refractivity contribution in [2.24, 2.45) is 5.84 Å². The first-order valence-electron chi connectivity index (χ1n) is 4.06. The third-order valence-electron chi connectivity index (χ3n) is 1.85. The number of rotatable bonds is 2. The van der Waals surface area contributed by atoms with E-state index in [1.165, 1.54) is 0 Å². The maximum absolute atomic E-state index is 10.9. The predicted octanol–water partition coefficient (Wildman–Crippen LogP) is -0.586. The van der Waals surface area contributed by atoms with E-state index in [0.717, 1.165) is 18.8 Å². The summed E-state index contributed by atoms with van der Waals surface area (Å²) < 4.78 is 0. The highest BCUT2D eigenvalue weighted by Crippen LogP contribution is 2.16. The van der Waals surface area contributed by atoms with Gasteiger partial charge in [0.15, 0.2) is 0 Å². The van der Waals surface area contributed by atoms with Crippen molar-refractivity contribution in [3.63, 3.8) is 0 Å². The van der Waals surface area contributed by atoms with E-state index in [0.29, 0.717) is 11.8 Å². The van der Waals surface area contributed by atoms with Crippen LogP contribution < -0.4 is 11.3 Å². The number of hydrazine groups is 1. The van der Waals surface area contributed by atoms with Crippen LogP contribution in [-0.4, -0.2) is 41.4 Å². The number of carbonyl (C=O) groups excluding carboxylic acids is 1. The van der Waals surface area contributed by atoms with Gasteiger partial charge in [-0.3, -0.25) is 15.1 Å². The molecule has 1 heterocycles. The van der Waals surface area contributed by atoms with Gasteiger partial charge in [0.2, 0.25) is 5.91 Å². The Bertz CT molecular complexity index is 165. The molecule has 70 valence electrons. The van der Waals surface area contributed by atoms with Crippen molar-refractivity contribution in [3.8, 4) is 0 Å². The second-order valence-corrected chi connectivity index (χ2v) is 4.53. The fourth-order valence-electron chi connectivity index (χ4n) is 1.28. The third kappa shape index (κ3) is 3.00. The third-order valence-corrected chi connectivity index (χ3v) is 2.99. The van der Waals surface area contributed by atoms with Gasteiger partial charge in [-0.25, -0.2) is 5.84 Å². The van der Waals surface area contributed by atoms with Crippen LogP contribution in [0.5, 0.6) is 0 Å². The summed E-state index contributed by atoms with van der Waals surface area (Å²) in [6, 6.07) is 0. The molecule has 1 fully saturated rings. The molecular weight excluding hydrogens is 174 g/mol. The summed E-state index contributed by atoms with van der Waals surface area (Å²) in [5, 5.41) is 0.629. The Morgan fingerprint density at radius 2 is 2.58 bits per heavy atom. The van der Waals surface area contributed by atoms with E-state index < -0.39 is 0 Å². The van der Waals surface area contributed by atoms with Crippen molar-refractivity contribution < 1.29 is 4.79 Å². The molecular formula is C7H15N3OS. The molecule has 3 N–H and O–H groups in total. The Balaban J connectivity index is 2.27. The monoisotopic (exact) mass is 189 g/mol. The van der Waals surface area contributed by atoms with E-state index in [1.807, 2.05) is 11.8 Å². The molecule has 1 amide bonds. The van der Waals surface area contributed by atoms with E-state index in [4.69, 9.17) is 5.84 Å². The molecule has 0 aromatic heterocycles. The van der Waals surface area contributed by atoms with Gasteiger partial charge in [0.05, 0.1) is 6.54 Å². The summed E-state index contributed by atoms with van der Waals surface area (Å²) in [6.45, 7) is 4.58. The van der Waals surface area contributed by atoms with Gasteiger partial charge in [0.1, 0.15) is 0 Å². The summed E-state index contributed by atoms with van der Waals surface area (Å²) in [4.78, 5) is 13.0. The molecule has 0 saturated carbocycles. The molecule has 4 nitrogen and oxygen atoms in total. The van der Waals surface area contributed by atoms with Crippen LogP contribution in [0.25, 0.3) is 0 Å². The van der Waals surface area contributed by atoms with Crippen LogP contribution in [-0.2, 0) is 4.79 Å². The molecule has 0 aromatic rings. The lowest BCUT2D eigenvalue weighted by Gasteiger charge is -2.29. The minimum Gasteiger partial charge on any atom is -0.293 e. The van der Waals surface area contributed by atoms with Gasteiger partial charge in [-0.05, 0) is 0 Å². The van der Waals surface area contributed by atoms with Crippen molar-refractivity contribution in [2.75, 3.05) is 25.4 Å². The van der Waals surface area contributed by atoms with E-state index >= 15 is 0 Å². The molecule has 5 heteroatoms. The number of hydrogen-bond donors (Lipinski definition) is 2. The number of thioether (sulfide) groups is 1. The van der Waals surface area contributed by atoms with Crippen LogP contribution >= 0.6 is 11.8 Å². The summed E-state index contributed by atoms with van der Waals surface area (Å²) in [7, 11) is 0. The highest BCUT2D eigenvalue weighted by Gasteiger charge is 2.17. The van der Waals surface area contributed by atoms with E-state index in [9.17, 15) is 4.79 Å². The van der Waals surface area contributed by atoms with Crippen LogP contribution in [0.15, 0.2) is 0 Å². The molecule has 1 unspecified atom stereocenters. The van der Waals surface area contributed by atoms with Crippen LogP contribution in [0.2, 0.25) is 0 Å². The predicted molar refractivity (Wildman–Crippen MR) is 50.7 cm³/mol. The van der Waals surface area contributed by atoms with Crippen molar-refractivity contribution >= 4 is 17.7 Å². The number of nitrogens with two attached hydrogens (primary N) is 1. The molecule has 1 atom stereocenters. The zero-order chi connectivity index (χ0) is 8.97. The molecule has 0 spiro atoms. The molecule has 1 saturated heterocycles. The van der Waals surface area contributed by atoms with Crippen LogP contribution in [0.3, 0.4) is 0 Å². The average Bonchev–Trinajstić information content (AvgIpc) is 2.04. The normalized spacial score (nSPS) is 25.3. The maximum atomic E-state index is 10.9. The maximum Gasteiger partial charge on any atom is 0.248 e. The molecule has 0 aliphatic carbocycles. The number of hydrogen-bond acceptors (Lipinski definition) is 4. The Morgan fingerprint density at radius 1 is 1.83 bits per heavy atom. The molecule has 0 radical (unpaired) electrons. The summed E-state index contributed by atoms with van der Waals surface area (Å²) in [5.41, 5.74) is 2.14. The highest BCUT2D eigenvalue weighted by molar-refractivity contribution is 7.99. The van der Waals surface area contributed by atoms with Gasteiger partial charge >= 0.3 is 0 Å². The zero-order valence-electron chi connectivity index (χ0n) is 7.25. The van der Waals surface area contributed by atoms with Crippen LogP contribution in [0.1, 0.15) is 6.92 Å². The largest absolute Gasteiger partial charge is 0.293 e.